The number of halogens is 2. The van der Waals surface area contributed by atoms with Crippen LogP contribution in [0.2, 0.25) is 10.0 Å². The number of sulfonamides is 1. The minimum atomic E-state index is -3.75. The van der Waals surface area contributed by atoms with Gasteiger partial charge in [-0.3, -0.25) is 4.79 Å². The van der Waals surface area contributed by atoms with Gasteiger partial charge in [-0.05, 0) is 54.8 Å². The van der Waals surface area contributed by atoms with E-state index in [2.05, 4.69) is 19.2 Å². The van der Waals surface area contributed by atoms with Gasteiger partial charge in [0.1, 0.15) is 4.90 Å². The summed E-state index contributed by atoms with van der Waals surface area (Å²) in [4.78, 5) is 14.1. The van der Waals surface area contributed by atoms with E-state index in [0.717, 1.165) is 11.3 Å². The second-order valence-electron chi connectivity index (χ2n) is 7.96. The Morgan fingerprint density at radius 3 is 2.53 bits per heavy atom. The highest BCUT2D eigenvalue weighted by molar-refractivity contribution is 7.89. The molecule has 1 aliphatic rings. The third-order valence-electron chi connectivity index (χ3n) is 5.25. The lowest BCUT2D eigenvalue weighted by molar-refractivity contribution is -0.127. The first-order valence-electron chi connectivity index (χ1n) is 9.97. The number of hydrogen-bond donors (Lipinski definition) is 1. The molecule has 0 saturated carbocycles. The largest absolute Gasteiger partial charge is 0.348 e. The van der Waals surface area contributed by atoms with E-state index in [0.29, 0.717) is 23.8 Å². The van der Waals surface area contributed by atoms with E-state index in [1.807, 2.05) is 17.5 Å². The lowest BCUT2D eigenvalue weighted by Gasteiger charge is -2.32. The van der Waals surface area contributed by atoms with Crippen molar-refractivity contribution in [3.8, 4) is 0 Å². The molecule has 2 heterocycles. The minimum absolute atomic E-state index is 0.00751. The summed E-state index contributed by atoms with van der Waals surface area (Å²) in [5.41, 5.74) is 0. The molecule has 9 heteroatoms. The van der Waals surface area contributed by atoms with E-state index in [9.17, 15) is 13.2 Å². The molecule has 1 aliphatic heterocycles. The fourth-order valence-electron chi connectivity index (χ4n) is 3.67. The fraction of sp³-hybridized carbons (Fsp3) is 0.476. The smallest absolute Gasteiger partial charge is 0.244 e. The summed E-state index contributed by atoms with van der Waals surface area (Å²) in [6, 6.07) is 8.43. The molecule has 1 fully saturated rings. The average Bonchev–Trinajstić information content (AvgIpc) is 3.24. The molecule has 1 saturated heterocycles. The van der Waals surface area contributed by atoms with Gasteiger partial charge >= 0.3 is 0 Å². The maximum Gasteiger partial charge on any atom is 0.244 e. The third-order valence-corrected chi connectivity index (χ3v) is 8.85. The Kier molecular flexibility index (Phi) is 7.85. The zero-order valence-corrected chi connectivity index (χ0v) is 20.1. The van der Waals surface area contributed by atoms with Crippen molar-refractivity contribution in [2.45, 2.75) is 44.0 Å². The van der Waals surface area contributed by atoms with Crippen LogP contribution in [0.4, 0.5) is 0 Å². The molecule has 1 atom stereocenters. The molecule has 0 aliphatic carbocycles. The summed E-state index contributed by atoms with van der Waals surface area (Å²) in [7, 11) is -3.75. The number of carbonyl (C=O) groups is 1. The number of nitrogens with zero attached hydrogens (tertiary/aromatic N) is 1. The number of rotatable bonds is 7. The van der Waals surface area contributed by atoms with Gasteiger partial charge in [-0.25, -0.2) is 8.42 Å². The molecule has 0 spiro atoms. The van der Waals surface area contributed by atoms with Gasteiger partial charge in [0.25, 0.3) is 0 Å². The molecule has 0 radical (unpaired) electrons. The number of thiophene rings is 1. The summed E-state index contributed by atoms with van der Waals surface area (Å²) in [6.07, 6.45) is 1.82. The first-order valence-corrected chi connectivity index (χ1v) is 13.0. The predicted octanol–water partition coefficient (Wildman–Crippen LogP) is 5.36. The second kappa shape index (κ2) is 10.0. The second-order valence-corrected chi connectivity index (χ2v) is 11.7. The summed E-state index contributed by atoms with van der Waals surface area (Å²) in [5, 5.41) is 5.66. The summed E-state index contributed by atoms with van der Waals surface area (Å²) < 4.78 is 27.3. The molecule has 5 nitrogen and oxygen atoms in total. The van der Waals surface area contributed by atoms with Gasteiger partial charge in [-0.2, -0.15) is 4.31 Å². The van der Waals surface area contributed by atoms with Crippen LogP contribution in [0.1, 0.15) is 44.0 Å². The average molecular weight is 489 g/mol. The first-order chi connectivity index (χ1) is 14.2. The zero-order chi connectivity index (χ0) is 21.9. The zero-order valence-electron chi connectivity index (χ0n) is 17.0. The summed E-state index contributed by atoms with van der Waals surface area (Å²) in [5.74, 6) is 0.236. The highest BCUT2D eigenvalue weighted by Gasteiger charge is 2.34. The van der Waals surface area contributed by atoms with Crippen LogP contribution in [-0.2, 0) is 14.8 Å². The summed E-state index contributed by atoms with van der Waals surface area (Å²) in [6.45, 7) is 4.82. The van der Waals surface area contributed by atoms with Crippen molar-refractivity contribution in [2.75, 3.05) is 13.1 Å². The van der Waals surface area contributed by atoms with Crippen molar-refractivity contribution >= 4 is 50.5 Å². The molecular formula is C21H26Cl2N2O3S2. The first kappa shape index (κ1) is 23.5. The van der Waals surface area contributed by atoms with Gasteiger partial charge < -0.3 is 5.32 Å². The summed E-state index contributed by atoms with van der Waals surface area (Å²) >= 11 is 13.7. The monoisotopic (exact) mass is 488 g/mol. The highest BCUT2D eigenvalue weighted by Crippen LogP contribution is 2.31. The Morgan fingerprint density at radius 1 is 1.23 bits per heavy atom. The van der Waals surface area contributed by atoms with Crippen molar-refractivity contribution in [2.24, 2.45) is 11.8 Å². The van der Waals surface area contributed by atoms with Gasteiger partial charge in [0.15, 0.2) is 0 Å². The van der Waals surface area contributed by atoms with Crippen LogP contribution >= 0.6 is 34.5 Å². The van der Waals surface area contributed by atoms with Crippen molar-refractivity contribution in [1.82, 2.24) is 9.62 Å². The standard InChI is InChI=1S/C21H26Cl2N2O3S2/c1-14(2)12-18(19-4-3-11-29-19)24-21(26)15-7-9-25(10-8-15)30(27,28)20-13-16(22)5-6-17(20)23/h3-6,11,13-15,18H,7-10,12H2,1-2H3,(H,24,26). The number of hydrogen-bond acceptors (Lipinski definition) is 4. The van der Waals surface area contributed by atoms with Crippen LogP contribution in [0.25, 0.3) is 0 Å². The highest BCUT2D eigenvalue weighted by atomic mass is 35.5. The van der Waals surface area contributed by atoms with E-state index >= 15 is 0 Å². The van der Waals surface area contributed by atoms with Crippen LogP contribution in [0.15, 0.2) is 40.6 Å². The van der Waals surface area contributed by atoms with Gasteiger partial charge in [0.2, 0.25) is 15.9 Å². The molecule has 30 heavy (non-hydrogen) atoms. The third kappa shape index (κ3) is 5.56. The minimum Gasteiger partial charge on any atom is -0.348 e. The molecule has 0 bridgehead atoms. The lowest BCUT2D eigenvalue weighted by Crippen LogP contribution is -2.43. The number of amides is 1. The van der Waals surface area contributed by atoms with Gasteiger partial charge in [0, 0.05) is 28.9 Å². The number of benzene rings is 1. The molecule has 1 amide bonds. The molecule has 1 N–H and O–H groups in total. The van der Waals surface area contributed by atoms with Gasteiger partial charge in [-0.1, -0.05) is 43.1 Å². The normalized spacial score (nSPS) is 17.2. The molecule has 2 aromatic rings. The molecule has 1 unspecified atom stereocenters. The van der Waals surface area contributed by atoms with E-state index in [-0.39, 0.29) is 40.9 Å². The van der Waals surface area contributed by atoms with Crippen molar-refractivity contribution in [1.29, 1.82) is 0 Å². The van der Waals surface area contributed by atoms with Crippen LogP contribution in [0, 0.1) is 11.8 Å². The van der Waals surface area contributed by atoms with Crippen LogP contribution in [0.3, 0.4) is 0 Å². The van der Waals surface area contributed by atoms with Gasteiger partial charge in [-0.15, -0.1) is 11.3 Å². The van der Waals surface area contributed by atoms with E-state index < -0.39 is 10.0 Å². The van der Waals surface area contributed by atoms with Crippen molar-refractivity contribution < 1.29 is 13.2 Å². The molecule has 1 aromatic heterocycles. The fourth-order valence-corrected chi connectivity index (χ4v) is 6.67. The quantitative estimate of drug-likeness (QED) is 0.570. The predicted molar refractivity (Wildman–Crippen MR) is 123 cm³/mol. The Bertz CT molecular complexity index is 970. The Morgan fingerprint density at radius 2 is 1.93 bits per heavy atom. The number of carbonyl (C=O) groups excluding carboxylic acids is 1. The van der Waals surface area contributed by atoms with E-state index in [1.165, 1.54) is 16.4 Å². The lowest BCUT2D eigenvalue weighted by atomic mass is 9.95. The maximum absolute atomic E-state index is 13.0. The molecule has 3 rings (SSSR count). The topological polar surface area (TPSA) is 66.5 Å². The van der Waals surface area contributed by atoms with E-state index in [4.69, 9.17) is 23.2 Å². The van der Waals surface area contributed by atoms with E-state index in [1.54, 1.807) is 17.4 Å². The SMILES string of the molecule is CC(C)CC(NC(=O)C1CCN(S(=O)(=O)c2cc(Cl)ccc2Cl)CC1)c1cccs1. The van der Waals surface area contributed by atoms with Crippen molar-refractivity contribution in [3.63, 3.8) is 0 Å². The molecule has 164 valence electrons. The Balaban J connectivity index is 1.64. The number of piperidine rings is 1. The van der Waals surface area contributed by atoms with Crippen LogP contribution in [0.5, 0.6) is 0 Å². The van der Waals surface area contributed by atoms with Gasteiger partial charge in [0.05, 0.1) is 11.1 Å². The van der Waals surface area contributed by atoms with Crippen molar-refractivity contribution in [3.05, 3.63) is 50.6 Å². The van der Waals surface area contributed by atoms with Crippen LogP contribution in [-0.4, -0.2) is 31.7 Å². The Labute approximate surface area is 192 Å². The van der Waals surface area contributed by atoms with Crippen LogP contribution < -0.4 is 5.32 Å². The molecular weight excluding hydrogens is 463 g/mol. The Hall–Kier alpha value is -1.12. The number of nitrogens with one attached hydrogen (secondary N) is 1. The molecule has 1 aromatic carbocycles. The maximum atomic E-state index is 13.0.